The van der Waals surface area contributed by atoms with Gasteiger partial charge in [-0.1, -0.05) is 25.4 Å². The number of benzene rings is 1. The monoisotopic (exact) mass is 361 g/mol. The summed E-state index contributed by atoms with van der Waals surface area (Å²) in [4.78, 5) is 23.6. The number of halogens is 1. The van der Waals surface area contributed by atoms with Crippen LogP contribution in [0.5, 0.6) is 0 Å². The maximum absolute atomic E-state index is 12.0. The van der Waals surface area contributed by atoms with Gasteiger partial charge in [0, 0.05) is 12.3 Å². The molecule has 1 atom stereocenters. The van der Waals surface area contributed by atoms with Crippen molar-refractivity contribution in [1.82, 2.24) is 5.32 Å². The molecule has 1 N–H and O–H groups in total. The van der Waals surface area contributed by atoms with Gasteiger partial charge in [0.05, 0.1) is 15.5 Å². The van der Waals surface area contributed by atoms with Crippen LogP contribution in [0.2, 0.25) is 5.02 Å². The second kappa shape index (κ2) is 7.79. The van der Waals surface area contributed by atoms with Crippen LogP contribution in [-0.2, 0) is 19.4 Å². The largest absolute Gasteiger partial charge is 0.452 e. The molecule has 0 saturated carbocycles. The molecule has 0 aromatic heterocycles. The Morgan fingerprint density at radius 2 is 1.87 bits per heavy atom. The van der Waals surface area contributed by atoms with Gasteiger partial charge in [-0.3, -0.25) is 4.79 Å². The molecule has 1 aromatic rings. The molecule has 6 nitrogen and oxygen atoms in total. The molecule has 0 fully saturated rings. The zero-order valence-corrected chi connectivity index (χ0v) is 15.0. The lowest BCUT2D eigenvalue weighted by Crippen LogP contribution is -2.38. The smallest absolute Gasteiger partial charge is 0.340 e. The van der Waals surface area contributed by atoms with Gasteiger partial charge in [0.2, 0.25) is 0 Å². The first-order valence-corrected chi connectivity index (χ1v) is 9.25. The summed E-state index contributed by atoms with van der Waals surface area (Å²) in [5, 5.41) is 2.75. The summed E-state index contributed by atoms with van der Waals surface area (Å²) in [6, 6.07) is 3.67. The van der Waals surface area contributed by atoms with Crippen molar-refractivity contribution >= 4 is 33.3 Å². The Morgan fingerprint density at radius 3 is 2.39 bits per heavy atom. The maximum Gasteiger partial charge on any atom is 0.340 e. The summed E-state index contributed by atoms with van der Waals surface area (Å²) in [5.41, 5.74) is -0.0979. The van der Waals surface area contributed by atoms with Crippen molar-refractivity contribution < 1.29 is 22.7 Å². The van der Waals surface area contributed by atoms with Gasteiger partial charge >= 0.3 is 5.97 Å². The first kappa shape index (κ1) is 19.4. The summed E-state index contributed by atoms with van der Waals surface area (Å²) in [7, 11) is -3.48. The molecule has 8 heteroatoms. The van der Waals surface area contributed by atoms with Crippen LogP contribution in [0.1, 0.15) is 31.1 Å². The summed E-state index contributed by atoms with van der Waals surface area (Å²) in [6.07, 6.45) is 1.02. The Hall–Kier alpha value is -1.60. The molecule has 0 spiro atoms. The van der Waals surface area contributed by atoms with E-state index in [0.717, 1.165) is 12.3 Å². The highest BCUT2D eigenvalue weighted by molar-refractivity contribution is 7.90. The van der Waals surface area contributed by atoms with E-state index in [0.29, 0.717) is 0 Å². The van der Waals surface area contributed by atoms with E-state index in [1.165, 1.54) is 12.1 Å². The average Bonchev–Trinajstić information content (AvgIpc) is 2.43. The van der Waals surface area contributed by atoms with E-state index < -0.39 is 28.3 Å². The lowest BCUT2D eigenvalue weighted by atomic mass is 10.1. The summed E-state index contributed by atoms with van der Waals surface area (Å²) in [5.74, 6) is -1.04. The van der Waals surface area contributed by atoms with Gasteiger partial charge in [-0.15, -0.1) is 0 Å². The fourth-order valence-electron chi connectivity index (χ4n) is 1.56. The Labute approximate surface area is 141 Å². The van der Waals surface area contributed by atoms with Gasteiger partial charge in [-0.05, 0) is 31.0 Å². The zero-order valence-electron chi connectivity index (χ0n) is 13.4. The number of carbonyl (C=O) groups excluding carboxylic acids is 2. The van der Waals surface area contributed by atoms with Crippen LogP contribution in [-0.4, -0.2) is 39.2 Å². The first-order chi connectivity index (χ1) is 10.5. The third-order valence-corrected chi connectivity index (χ3v) is 4.75. The lowest BCUT2D eigenvalue weighted by Gasteiger charge is -2.17. The molecule has 0 aliphatic heterocycles. The Bertz CT molecular complexity index is 700. The van der Waals surface area contributed by atoms with Gasteiger partial charge in [-0.2, -0.15) is 0 Å². The van der Waals surface area contributed by atoms with Gasteiger partial charge in [0.15, 0.2) is 16.4 Å². The van der Waals surface area contributed by atoms with Crippen molar-refractivity contribution in [2.24, 2.45) is 5.92 Å². The molecule has 0 aliphatic rings. The minimum absolute atomic E-state index is 0.0493. The number of carbonyl (C=O) groups is 2. The number of sulfone groups is 1. The first-order valence-electron chi connectivity index (χ1n) is 6.98. The fraction of sp³-hybridized carbons (Fsp3) is 0.467. The number of esters is 1. The standard InChI is InChI=1S/C15H20ClNO5S/c1-9(2)10(3)17-14(18)8-22-15(19)12-7-11(23(4,20)21)5-6-13(12)16/h5-7,9-10H,8H2,1-4H3,(H,17,18)/t10-/m1/s1. The molecule has 0 saturated heterocycles. The number of ether oxygens (including phenoxy) is 1. The third-order valence-electron chi connectivity index (χ3n) is 3.31. The van der Waals surface area contributed by atoms with Crippen LogP contribution in [0.25, 0.3) is 0 Å². The molecule has 1 aromatic carbocycles. The molecular weight excluding hydrogens is 342 g/mol. The molecule has 0 radical (unpaired) electrons. The number of amides is 1. The predicted octanol–water partition coefficient (Wildman–Crippen LogP) is 2.06. The minimum Gasteiger partial charge on any atom is -0.452 e. The molecule has 23 heavy (non-hydrogen) atoms. The van der Waals surface area contributed by atoms with E-state index in [4.69, 9.17) is 16.3 Å². The molecule has 128 valence electrons. The van der Waals surface area contributed by atoms with Crippen LogP contribution in [0.4, 0.5) is 0 Å². The molecule has 0 bridgehead atoms. The van der Waals surface area contributed by atoms with Crippen LogP contribution in [0.3, 0.4) is 0 Å². The van der Waals surface area contributed by atoms with E-state index in [1.807, 2.05) is 20.8 Å². The lowest BCUT2D eigenvalue weighted by molar-refractivity contribution is -0.125. The normalized spacial score (nSPS) is 12.8. The Kier molecular flexibility index (Phi) is 6.58. The average molecular weight is 362 g/mol. The zero-order chi connectivity index (χ0) is 17.8. The van der Waals surface area contributed by atoms with Crippen LogP contribution >= 0.6 is 11.6 Å². The van der Waals surface area contributed by atoms with Gasteiger partial charge in [-0.25, -0.2) is 13.2 Å². The van der Waals surface area contributed by atoms with E-state index in [-0.39, 0.29) is 27.4 Å². The van der Waals surface area contributed by atoms with Crippen LogP contribution in [0, 0.1) is 5.92 Å². The topological polar surface area (TPSA) is 89.5 Å². The summed E-state index contributed by atoms with van der Waals surface area (Å²) >= 11 is 5.89. The van der Waals surface area contributed by atoms with Gasteiger partial charge in [0.25, 0.3) is 5.91 Å². The second-order valence-corrected chi connectivity index (χ2v) is 8.01. The molecule has 0 unspecified atom stereocenters. The minimum atomic E-state index is -3.48. The van der Waals surface area contributed by atoms with Crippen molar-refractivity contribution in [1.29, 1.82) is 0 Å². The van der Waals surface area contributed by atoms with Crippen molar-refractivity contribution in [2.75, 3.05) is 12.9 Å². The fourth-order valence-corrected chi connectivity index (χ4v) is 2.40. The number of hydrogen-bond donors (Lipinski definition) is 1. The number of nitrogens with one attached hydrogen (secondary N) is 1. The summed E-state index contributed by atoms with van der Waals surface area (Å²) < 4.78 is 27.9. The molecular formula is C15H20ClNO5S. The molecule has 1 amide bonds. The number of rotatable bonds is 6. The third kappa shape index (κ3) is 5.84. The Morgan fingerprint density at radius 1 is 1.26 bits per heavy atom. The highest BCUT2D eigenvalue weighted by atomic mass is 35.5. The second-order valence-electron chi connectivity index (χ2n) is 5.59. The summed E-state index contributed by atoms with van der Waals surface area (Å²) in [6.45, 7) is 5.28. The van der Waals surface area contributed by atoms with Gasteiger partial charge < -0.3 is 10.1 Å². The van der Waals surface area contributed by atoms with Gasteiger partial charge in [0.1, 0.15) is 0 Å². The highest BCUT2D eigenvalue weighted by Gasteiger charge is 2.18. The molecule has 1 rings (SSSR count). The maximum atomic E-state index is 12.0. The van der Waals surface area contributed by atoms with Crippen molar-refractivity contribution in [3.05, 3.63) is 28.8 Å². The highest BCUT2D eigenvalue weighted by Crippen LogP contribution is 2.21. The van der Waals surface area contributed by atoms with Crippen molar-refractivity contribution in [3.8, 4) is 0 Å². The van der Waals surface area contributed by atoms with Crippen molar-refractivity contribution in [2.45, 2.75) is 31.7 Å². The molecule has 0 heterocycles. The molecule has 0 aliphatic carbocycles. The van der Waals surface area contributed by atoms with E-state index in [1.54, 1.807) is 0 Å². The van der Waals surface area contributed by atoms with E-state index in [9.17, 15) is 18.0 Å². The number of hydrogen-bond acceptors (Lipinski definition) is 5. The van der Waals surface area contributed by atoms with E-state index in [2.05, 4.69) is 5.32 Å². The quantitative estimate of drug-likeness (QED) is 0.783. The Balaban J connectivity index is 2.77. The van der Waals surface area contributed by atoms with Crippen LogP contribution < -0.4 is 5.32 Å². The predicted molar refractivity (Wildman–Crippen MR) is 87.3 cm³/mol. The van der Waals surface area contributed by atoms with Crippen LogP contribution in [0.15, 0.2) is 23.1 Å². The van der Waals surface area contributed by atoms with Crippen molar-refractivity contribution in [3.63, 3.8) is 0 Å². The SMILES string of the molecule is CC(C)[C@@H](C)NC(=O)COC(=O)c1cc(S(C)(=O)=O)ccc1Cl. The van der Waals surface area contributed by atoms with E-state index >= 15 is 0 Å².